The van der Waals surface area contributed by atoms with E-state index in [0.29, 0.717) is 18.8 Å². The molecule has 0 radical (unpaired) electrons. The minimum atomic E-state index is -0.567. The van der Waals surface area contributed by atoms with E-state index in [1.54, 1.807) is 4.90 Å². The second-order valence-corrected chi connectivity index (χ2v) is 7.08. The first-order chi connectivity index (χ1) is 11.7. The van der Waals surface area contributed by atoms with Crippen molar-refractivity contribution in [2.75, 3.05) is 20.2 Å². The zero-order chi connectivity index (χ0) is 18.6. The molecule has 1 heterocycles. The molecule has 0 aromatic heterocycles. The maximum atomic E-state index is 13.4. The highest BCUT2D eigenvalue weighted by molar-refractivity contribution is 5.97. The summed E-state index contributed by atoms with van der Waals surface area (Å²) >= 11 is 0. The summed E-state index contributed by atoms with van der Waals surface area (Å²) in [7, 11) is 1.43. The smallest absolute Gasteiger partial charge is 0.410 e. The molecule has 1 saturated heterocycles. The van der Waals surface area contributed by atoms with Crippen molar-refractivity contribution in [3.05, 3.63) is 29.6 Å². The van der Waals surface area contributed by atoms with Crippen LogP contribution in [0.15, 0.2) is 18.2 Å². The van der Waals surface area contributed by atoms with Gasteiger partial charge >= 0.3 is 6.09 Å². The lowest BCUT2D eigenvalue weighted by Crippen LogP contribution is -2.50. The van der Waals surface area contributed by atoms with Crippen LogP contribution in [0.25, 0.3) is 0 Å². The second-order valence-electron chi connectivity index (χ2n) is 7.08. The number of methoxy groups -OCH3 is 1. The van der Waals surface area contributed by atoms with E-state index in [-0.39, 0.29) is 11.6 Å². The molecule has 138 valence electrons. The molecule has 1 aromatic rings. The van der Waals surface area contributed by atoms with Crippen molar-refractivity contribution in [3.8, 4) is 5.75 Å². The SMILES string of the molecule is COc1ccc(F)cc1C(=O)N[C@H]1CCCN(C(=O)OC(C)(C)C)C1. The Morgan fingerprint density at radius 3 is 2.68 bits per heavy atom. The Hall–Kier alpha value is -2.31. The minimum absolute atomic E-state index is 0.136. The normalized spacial score (nSPS) is 17.8. The second kappa shape index (κ2) is 7.72. The van der Waals surface area contributed by atoms with Gasteiger partial charge in [-0.25, -0.2) is 9.18 Å². The number of halogens is 1. The summed E-state index contributed by atoms with van der Waals surface area (Å²) in [5.74, 6) is -0.629. The van der Waals surface area contributed by atoms with Crippen molar-refractivity contribution in [1.29, 1.82) is 0 Å². The number of amides is 2. The van der Waals surface area contributed by atoms with Crippen LogP contribution >= 0.6 is 0 Å². The lowest BCUT2D eigenvalue weighted by Gasteiger charge is -2.34. The van der Waals surface area contributed by atoms with E-state index < -0.39 is 23.4 Å². The number of hydrogen-bond acceptors (Lipinski definition) is 4. The molecule has 1 aromatic carbocycles. The van der Waals surface area contributed by atoms with E-state index in [4.69, 9.17) is 9.47 Å². The molecule has 0 saturated carbocycles. The van der Waals surface area contributed by atoms with Gasteiger partial charge < -0.3 is 19.7 Å². The van der Waals surface area contributed by atoms with Crippen LogP contribution in [-0.4, -0.2) is 48.7 Å². The van der Waals surface area contributed by atoms with Crippen LogP contribution in [0, 0.1) is 5.82 Å². The van der Waals surface area contributed by atoms with Gasteiger partial charge in [0.25, 0.3) is 5.91 Å². The average Bonchev–Trinajstić information content (AvgIpc) is 2.53. The molecule has 1 N–H and O–H groups in total. The molecule has 0 unspecified atom stereocenters. The molecule has 25 heavy (non-hydrogen) atoms. The van der Waals surface area contributed by atoms with Crippen molar-refractivity contribution in [2.24, 2.45) is 0 Å². The van der Waals surface area contributed by atoms with Gasteiger partial charge in [0.15, 0.2) is 0 Å². The standard InChI is InChI=1S/C18H25FN2O4/c1-18(2,3)25-17(23)21-9-5-6-13(11-21)20-16(22)14-10-12(19)7-8-15(14)24-4/h7-8,10,13H,5-6,9,11H2,1-4H3,(H,20,22)/t13-/m0/s1. The zero-order valence-corrected chi connectivity index (χ0v) is 15.1. The van der Waals surface area contributed by atoms with Crippen molar-refractivity contribution in [2.45, 2.75) is 45.3 Å². The molecule has 1 aliphatic heterocycles. The molecule has 1 aliphatic rings. The van der Waals surface area contributed by atoms with Gasteiger partial charge in [0.1, 0.15) is 17.2 Å². The fourth-order valence-electron chi connectivity index (χ4n) is 2.71. The number of benzene rings is 1. The summed E-state index contributed by atoms with van der Waals surface area (Å²) in [6.07, 6.45) is 1.10. The summed E-state index contributed by atoms with van der Waals surface area (Å²) in [6, 6.07) is 3.57. The quantitative estimate of drug-likeness (QED) is 0.908. The van der Waals surface area contributed by atoms with Crippen LogP contribution in [0.5, 0.6) is 5.75 Å². The molecule has 2 rings (SSSR count). The number of rotatable bonds is 3. The fraction of sp³-hybridized carbons (Fsp3) is 0.556. The van der Waals surface area contributed by atoms with E-state index in [0.717, 1.165) is 18.9 Å². The van der Waals surface area contributed by atoms with Crippen LogP contribution in [0.1, 0.15) is 44.0 Å². The summed E-state index contributed by atoms with van der Waals surface area (Å²) in [6.45, 7) is 6.38. The predicted molar refractivity (Wildman–Crippen MR) is 91.2 cm³/mol. The summed E-state index contributed by atoms with van der Waals surface area (Å²) in [5.41, 5.74) is -0.431. The Kier molecular flexibility index (Phi) is 5.87. The van der Waals surface area contributed by atoms with E-state index in [1.807, 2.05) is 20.8 Å². The molecular formula is C18H25FN2O4. The highest BCUT2D eigenvalue weighted by atomic mass is 19.1. The van der Waals surface area contributed by atoms with Gasteiger partial charge in [-0.2, -0.15) is 0 Å². The van der Waals surface area contributed by atoms with Crippen LogP contribution in [0.2, 0.25) is 0 Å². The first kappa shape index (κ1) is 19.0. The molecular weight excluding hydrogens is 327 g/mol. The number of carbonyl (C=O) groups is 2. The van der Waals surface area contributed by atoms with Crippen LogP contribution in [0.4, 0.5) is 9.18 Å². The topological polar surface area (TPSA) is 67.9 Å². The molecule has 6 nitrogen and oxygen atoms in total. The summed E-state index contributed by atoms with van der Waals surface area (Å²) in [4.78, 5) is 26.2. The molecule has 0 bridgehead atoms. The number of ether oxygens (including phenoxy) is 2. The predicted octanol–water partition coefficient (Wildman–Crippen LogP) is 2.96. The van der Waals surface area contributed by atoms with Gasteiger partial charge in [-0.05, 0) is 51.8 Å². The first-order valence-corrected chi connectivity index (χ1v) is 8.32. The number of hydrogen-bond donors (Lipinski definition) is 1. The minimum Gasteiger partial charge on any atom is -0.496 e. The van der Waals surface area contributed by atoms with E-state index in [2.05, 4.69) is 5.32 Å². The fourth-order valence-corrected chi connectivity index (χ4v) is 2.71. The number of nitrogens with one attached hydrogen (secondary N) is 1. The van der Waals surface area contributed by atoms with Gasteiger partial charge in [0, 0.05) is 19.1 Å². The third kappa shape index (κ3) is 5.34. The first-order valence-electron chi connectivity index (χ1n) is 8.32. The largest absolute Gasteiger partial charge is 0.496 e. The Balaban J connectivity index is 2.02. The Morgan fingerprint density at radius 1 is 1.32 bits per heavy atom. The average molecular weight is 352 g/mol. The summed E-state index contributed by atoms with van der Waals surface area (Å²) in [5, 5.41) is 2.85. The molecule has 0 spiro atoms. The summed E-state index contributed by atoms with van der Waals surface area (Å²) < 4.78 is 23.9. The lowest BCUT2D eigenvalue weighted by molar-refractivity contribution is 0.0185. The van der Waals surface area contributed by atoms with Gasteiger partial charge in [-0.3, -0.25) is 4.79 Å². The number of carbonyl (C=O) groups excluding carboxylic acids is 2. The van der Waals surface area contributed by atoms with E-state index in [9.17, 15) is 14.0 Å². The maximum Gasteiger partial charge on any atom is 0.410 e. The highest BCUT2D eigenvalue weighted by Gasteiger charge is 2.29. The zero-order valence-electron chi connectivity index (χ0n) is 15.1. The van der Waals surface area contributed by atoms with Crippen molar-refractivity contribution in [1.82, 2.24) is 10.2 Å². The van der Waals surface area contributed by atoms with Crippen LogP contribution < -0.4 is 10.1 Å². The van der Waals surface area contributed by atoms with Crippen LogP contribution in [-0.2, 0) is 4.74 Å². The van der Waals surface area contributed by atoms with Crippen molar-refractivity contribution in [3.63, 3.8) is 0 Å². The Bertz CT molecular complexity index is 642. The van der Waals surface area contributed by atoms with Gasteiger partial charge in [0.2, 0.25) is 0 Å². The molecule has 2 amide bonds. The van der Waals surface area contributed by atoms with Crippen molar-refractivity contribution < 1.29 is 23.5 Å². The highest BCUT2D eigenvalue weighted by Crippen LogP contribution is 2.20. The number of likely N-dealkylation sites (tertiary alicyclic amines) is 1. The maximum absolute atomic E-state index is 13.4. The molecule has 1 fully saturated rings. The van der Waals surface area contributed by atoms with Gasteiger partial charge in [-0.15, -0.1) is 0 Å². The lowest BCUT2D eigenvalue weighted by atomic mass is 10.1. The van der Waals surface area contributed by atoms with E-state index in [1.165, 1.54) is 19.2 Å². The van der Waals surface area contributed by atoms with Gasteiger partial charge in [-0.1, -0.05) is 0 Å². The Labute approximate surface area is 147 Å². The Morgan fingerprint density at radius 2 is 2.04 bits per heavy atom. The third-order valence-electron chi connectivity index (χ3n) is 3.81. The number of piperidine rings is 1. The van der Waals surface area contributed by atoms with Crippen LogP contribution in [0.3, 0.4) is 0 Å². The van der Waals surface area contributed by atoms with Crippen molar-refractivity contribution >= 4 is 12.0 Å². The van der Waals surface area contributed by atoms with Gasteiger partial charge in [0.05, 0.1) is 12.7 Å². The monoisotopic (exact) mass is 352 g/mol. The molecule has 7 heteroatoms. The molecule has 1 atom stereocenters. The number of nitrogens with zero attached hydrogens (tertiary/aromatic N) is 1. The van der Waals surface area contributed by atoms with E-state index >= 15 is 0 Å². The molecule has 0 aliphatic carbocycles. The third-order valence-corrected chi connectivity index (χ3v) is 3.81.